The molecule has 1 aromatic heterocycles. The maximum absolute atomic E-state index is 11.6. The van der Waals surface area contributed by atoms with Crippen molar-refractivity contribution in [3.63, 3.8) is 0 Å². The average molecular weight is 242 g/mol. The zero-order valence-electron chi connectivity index (χ0n) is 10.9. The molecule has 2 aromatic rings. The van der Waals surface area contributed by atoms with E-state index in [1.165, 1.54) is 5.56 Å². The summed E-state index contributed by atoms with van der Waals surface area (Å²) < 4.78 is 0. The first kappa shape index (κ1) is 12.6. The maximum atomic E-state index is 11.6. The molecule has 3 heteroatoms. The summed E-state index contributed by atoms with van der Waals surface area (Å²) >= 11 is 0. The van der Waals surface area contributed by atoms with Gasteiger partial charge in [-0.05, 0) is 24.5 Å². The third-order valence-electron chi connectivity index (χ3n) is 2.91. The summed E-state index contributed by atoms with van der Waals surface area (Å²) in [6.45, 7) is 4.19. The first-order chi connectivity index (χ1) is 8.72. The lowest BCUT2D eigenvalue weighted by Gasteiger charge is -2.05. The molecule has 1 aromatic carbocycles. The Morgan fingerprint density at radius 1 is 1.22 bits per heavy atom. The fraction of sp³-hybridized carbons (Fsp3) is 0.333. The highest BCUT2D eigenvalue weighted by atomic mass is 16.1. The van der Waals surface area contributed by atoms with Crippen LogP contribution in [-0.2, 0) is 12.8 Å². The van der Waals surface area contributed by atoms with Gasteiger partial charge in [0.05, 0.1) is 5.69 Å². The van der Waals surface area contributed by atoms with E-state index < -0.39 is 0 Å². The quantitative estimate of drug-likeness (QED) is 0.896. The fourth-order valence-electron chi connectivity index (χ4n) is 1.96. The van der Waals surface area contributed by atoms with Crippen LogP contribution in [0.3, 0.4) is 0 Å². The lowest BCUT2D eigenvalue weighted by Crippen LogP contribution is -2.11. The molecule has 0 unspecified atom stereocenters. The summed E-state index contributed by atoms with van der Waals surface area (Å²) in [5, 5.41) is 0. The second-order valence-electron chi connectivity index (χ2n) is 4.38. The molecule has 3 nitrogen and oxygen atoms in total. The van der Waals surface area contributed by atoms with Gasteiger partial charge >= 0.3 is 0 Å². The van der Waals surface area contributed by atoms with Gasteiger partial charge in [-0.2, -0.15) is 0 Å². The second-order valence-corrected chi connectivity index (χ2v) is 4.38. The molecule has 0 bridgehead atoms. The van der Waals surface area contributed by atoms with Gasteiger partial charge in [-0.1, -0.05) is 32.0 Å². The molecule has 18 heavy (non-hydrogen) atoms. The smallest absolute Gasteiger partial charge is 0.251 e. The number of nitrogens with zero attached hydrogens (tertiary/aromatic N) is 1. The van der Waals surface area contributed by atoms with E-state index in [2.05, 4.69) is 35.9 Å². The summed E-state index contributed by atoms with van der Waals surface area (Å²) in [5.41, 5.74) is 2.95. The minimum Gasteiger partial charge on any atom is -0.311 e. The highest BCUT2D eigenvalue weighted by Gasteiger charge is 2.04. The minimum absolute atomic E-state index is 0.0784. The van der Waals surface area contributed by atoms with Crippen molar-refractivity contribution >= 4 is 0 Å². The fourth-order valence-corrected chi connectivity index (χ4v) is 1.96. The Bertz CT molecular complexity index is 587. The Balaban J connectivity index is 2.45. The van der Waals surface area contributed by atoms with Crippen LogP contribution in [0.2, 0.25) is 0 Å². The van der Waals surface area contributed by atoms with E-state index in [0.717, 1.165) is 36.3 Å². The van der Waals surface area contributed by atoms with Gasteiger partial charge in [-0.3, -0.25) is 4.79 Å². The molecule has 2 rings (SSSR count). The molecule has 0 aliphatic rings. The van der Waals surface area contributed by atoms with Crippen LogP contribution in [0.4, 0.5) is 0 Å². The molecule has 0 aliphatic carbocycles. The third kappa shape index (κ3) is 2.86. The second kappa shape index (κ2) is 5.63. The molecule has 0 radical (unpaired) electrons. The highest BCUT2D eigenvalue weighted by molar-refractivity contribution is 5.59. The number of rotatable bonds is 4. The Kier molecular flexibility index (Phi) is 3.92. The zero-order chi connectivity index (χ0) is 13.0. The van der Waals surface area contributed by atoms with Crippen molar-refractivity contribution in [1.29, 1.82) is 0 Å². The van der Waals surface area contributed by atoms with Crippen molar-refractivity contribution in [2.24, 2.45) is 0 Å². The Morgan fingerprint density at radius 2 is 2.06 bits per heavy atom. The van der Waals surface area contributed by atoms with Crippen molar-refractivity contribution in [3.05, 3.63) is 52.1 Å². The highest BCUT2D eigenvalue weighted by Crippen LogP contribution is 2.17. The van der Waals surface area contributed by atoms with Crippen LogP contribution in [-0.4, -0.2) is 9.97 Å². The molecule has 0 saturated heterocycles. The number of nitrogens with one attached hydrogen (secondary N) is 1. The van der Waals surface area contributed by atoms with Crippen LogP contribution in [0.25, 0.3) is 11.3 Å². The van der Waals surface area contributed by atoms with Gasteiger partial charge in [0.25, 0.3) is 5.56 Å². The number of H-pyrrole nitrogens is 1. The Hall–Kier alpha value is -1.90. The summed E-state index contributed by atoms with van der Waals surface area (Å²) in [6.07, 6.45) is 2.76. The van der Waals surface area contributed by atoms with Crippen molar-refractivity contribution < 1.29 is 0 Å². The van der Waals surface area contributed by atoms with Crippen LogP contribution in [0, 0.1) is 0 Å². The number of hydrogen-bond donors (Lipinski definition) is 1. The van der Waals surface area contributed by atoms with E-state index in [4.69, 9.17) is 0 Å². The van der Waals surface area contributed by atoms with Gasteiger partial charge in [0.2, 0.25) is 0 Å². The molecular weight excluding hydrogens is 224 g/mol. The standard InChI is InChI=1S/C15H18N2O/c1-3-6-14-16-13(10-15(18)17-14)12-8-5-7-11(4-2)9-12/h5,7-10H,3-4,6H2,1-2H3,(H,16,17,18). The van der Waals surface area contributed by atoms with E-state index >= 15 is 0 Å². The molecule has 0 amide bonds. The number of aryl methyl sites for hydroxylation is 2. The van der Waals surface area contributed by atoms with Crippen molar-refractivity contribution in [3.8, 4) is 11.3 Å². The number of benzene rings is 1. The first-order valence-electron chi connectivity index (χ1n) is 6.42. The lowest BCUT2D eigenvalue weighted by molar-refractivity contribution is 0.827. The largest absolute Gasteiger partial charge is 0.311 e. The third-order valence-corrected chi connectivity index (χ3v) is 2.91. The molecular formula is C15H18N2O. The summed E-state index contributed by atoms with van der Waals surface area (Å²) in [4.78, 5) is 18.9. The summed E-state index contributed by atoms with van der Waals surface area (Å²) in [6, 6.07) is 9.75. The van der Waals surface area contributed by atoms with Crippen LogP contribution >= 0.6 is 0 Å². The van der Waals surface area contributed by atoms with Crippen molar-refractivity contribution in [2.75, 3.05) is 0 Å². The maximum Gasteiger partial charge on any atom is 0.251 e. The minimum atomic E-state index is -0.0784. The number of aromatic nitrogens is 2. The van der Waals surface area contributed by atoms with E-state index in [-0.39, 0.29) is 5.56 Å². The summed E-state index contributed by atoms with van der Waals surface area (Å²) in [7, 11) is 0. The van der Waals surface area contributed by atoms with Gasteiger partial charge in [0.15, 0.2) is 0 Å². The molecule has 0 fully saturated rings. The monoisotopic (exact) mass is 242 g/mol. The molecule has 94 valence electrons. The molecule has 0 atom stereocenters. The molecule has 1 heterocycles. The van der Waals surface area contributed by atoms with E-state index in [1.54, 1.807) is 6.07 Å². The topological polar surface area (TPSA) is 45.8 Å². The van der Waals surface area contributed by atoms with Gasteiger partial charge in [0, 0.05) is 18.1 Å². The first-order valence-corrected chi connectivity index (χ1v) is 6.42. The van der Waals surface area contributed by atoms with E-state index in [9.17, 15) is 4.79 Å². The van der Waals surface area contributed by atoms with E-state index in [0.29, 0.717) is 0 Å². The van der Waals surface area contributed by atoms with Gasteiger partial charge in [0.1, 0.15) is 5.82 Å². The number of hydrogen-bond acceptors (Lipinski definition) is 2. The van der Waals surface area contributed by atoms with Crippen LogP contribution in [0.1, 0.15) is 31.7 Å². The molecule has 0 saturated carbocycles. The number of aromatic amines is 1. The van der Waals surface area contributed by atoms with Gasteiger partial charge in [-0.25, -0.2) is 4.98 Å². The molecule has 1 N–H and O–H groups in total. The summed E-state index contributed by atoms with van der Waals surface area (Å²) in [5.74, 6) is 0.766. The lowest BCUT2D eigenvalue weighted by atomic mass is 10.1. The van der Waals surface area contributed by atoms with Crippen molar-refractivity contribution in [2.45, 2.75) is 33.1 Å². The Morgan fingerprint density at radius 3 is 2.78 bits per heavy atom. The SMILES string of the molecule is CCCc1nc(-c2cccc(CC)c2)cc(=O)[nH]1. The van der Waals surface area contributed by atoms with Crippen LogP contribution < -0.4 is 5.56 Å². The van der Waals surface area contributed by atoms with Gasteiger partial charge in [-0.15, -0.1) is 0 Å². The van der Waals surface area contributed by atoms with Gasteiger partial charge < -0.3 is 4.98 Å². The average Bonchev–Trinajstić information content (AvgIpc) is 2.38. The normalized spacial score (nSPS) is 10.6. The van der Waals surface area contributed by atoms with Crippen molar-refractivity contribution in [1.82, 2.24) is 9.97 Å². The van der Waals surface area contributed by atoms with Crippen LogP contribution in [0.5, 0.6) is 0 Å². The van der Waals surface area contributed by atoms with E-state index in [1.807, 2.05) is 12.1 Å². The zero-order valence-corrected chi connectivity index (χ0v) is 10.9. The molecule has 0 spiro atoms. The Labute approximate surface area is 107 Å². The molecule has 0 aliphatic heterocycles. The predicted molar refractivity (Wildman–Crippen MR) is 73.7 cm³/mol. The van der Waals surface area contributed by atoms with Crippen LogP contribution in [0.15, 0.2) is 35.1 Å². The predicted octanol–water partition coefficient (Wildman–Crippen LogP) is 2.95.